The maximum atomic E-state index is 10.9. The first-order chi connectivity index (χ1) is 8.15. The van der Waals surface area contributed by atoms with E-state index in [2.05, 4.69) is 10.3 Å². The fourth-order valence-electron chi connectivity index (χ4n) is 1.41. The highest BCUT2D eigenvalue weighted by Gasteiger charge is 2.01. The van der Waals surface area contributed by atoms with E-state index in [1.165, 1.54) is 0 Å². The van der Waals surface area contributed by atoms with Crippen LogP contribution in [0.15, 0.2) is 29.6 Å². The summed E-state index contributed by atoms with van der Waals surface area (Å²) in [5.74, 6) is -0.410. The largest absolute Gasteiger partial charge is 0.379 e. The second-order valence-corrected chi connectivity index (χ2v) is 4.62. The Labute approximate surface area is 103 Å². The molecule has 1 heterocycles. The normalized spacial score (nSPS) is 10.2. The van der Waals surface area contributed by atoms with Gasteiger partial charge in [0.25, 0.3) is 0 Å². The van der Waals surface area contributed by atoms with Gasteiger partial charge in [0, 0.05) is 22.3 Å². The van der Waals surface area contributed by atoms with Crippen LogP contribution in [0.4, 0.5) is 5.69 Å². The molecule has 4 nitrogen and oxygen atoms in total. The molecule has 0 aliphatic rings. The smallest absolute Gasteiger partial charge is 0.248 e. The molecule has 3 N–H and O–H groups in total. The number of hydrogen-bond donors (Lipinski definition) is 2. The molecule has 0 radical (unpaired) electrons. The highest BCUT2D eigenvalue weighted by molar-refractivity contribution is 7.09. The van der Waals surface area contributed by atoms with Crippen LogP contribution in [0, 0.1) is 6.92 Å². The number of aryl methyl sites for hydroxylation is 1. The molecule has 0 bridgehead atoms. The van der Waals surface area contributed by atoms with Crippen molar-refractivity contribution in [3.05, 3.63) is 45.9 Å². The molecule has 0 aliphatic carbocycles. The molecule has 1 aromatic heterocycles. The maximum Gasteiger partial charge on any atom is 0.248 e. The van der Waals surface area contributed by atoms with Gasteiger partial charge < -0.3 is 11.1 Å². The van der Waals surface area contributed by atoms with Crippen molar-refractivity contribution in [2.75, 3.05) is 5.32 Å². The van der Waals surface area contributed by atoms with E-state index in [0.717, 1.165) is 16.4 Å². The molecule has 2 rings (SSSR count). The van der Waals surface area contributed by atoms with Crippen molar-refractivity contribution in [3.63, 3.8) is 0 Å². The molecule has 0 saturated heterocycles. The van der Waals surface area contributed by atoms with Crippen molar-refractivity contribution < 1.29 is 4.79 Å². The van der Waals surface area contributed by atoms with E-state index in [1.807, 2.05) is 24.4 Å². The van der Waals surface area contributed by atoms with Gasteiger partial charge in [-0.05, 0) is 31.2 Å². The first kappa shape index (κ1) is 11.6. The molecule has 5 heteroatoms. The third-order valence-corrected chi connectivity index (χ3v) is 3.25. The Kier molecular flexibility index (Phi) is 3.39. The van der Waals surface area contributed by atoms with Crippen molar-refractivity contribution in [1.29, 1.82) is 0 Å². The number of amides is 1. The van der Waals surface area contributed by atoms with Crippen LogP contribution in [0.2, 0.25) is 0 Å². The molecule has 88 valence electrons. The van der Waals surface area contributed by atoms with E-state index in [4.69, 9.17) is 5.73 Å². The van der Waals surface area contributed by atoms with Crippen LogP contribution < -0.4 is 11.1 Å². The van der Waals surface area contributed by atoms with Crippen molar-refractivity contribution in [3.8, 4) is 0 Å². The molecule has 1 aromatic carbocycles. The summed E-state index contributed by atoms with van der Waals surface area (Å²) in [7, 11) is 0. The summed E-state index contributed by atoms with van der Waals surface area (Å²) in [6, 6.07) is 7.08. The number of rotatable bonds is 4. The highest BCUT2D eigenvalue weighted by atomic mass is 32.1. The van der Waals surface area contributed by atoms with Crippen LogP contribution in [0.25, 0.3) is 0 Å². The van der Waals surface area contributed by atoms with E-state index in [9.17, 15) is 4.79 Å². The number of carbonyl (C=O) groups excluding carboxylic acids is 1. The number of nitrogens with two attached hydrogens (primary N) is 1. The van der Waals surface area contributed by atoms with Gasteiger partial charge in [0.05, 0.1) is 6.54 Å². The lowest BCUT2D eigenvalue weighted by molar-refractivity contribution is 0.100. The molecular weight excluding hydrogens is 234 g/mol. The Morgan fingerprint density at radius 3 is 2.65 bits per heavy atom. The van der Waals surface area contributed by atoms with Crippen LogP contribution in [-0.4, -0.2) is 10.9 Å². The Morgan fingerprint density at radius 1 is 1.41 bits per heavy atom. The Balaban J connectivity index is 1.97. The first-order valence-corrected chi connectivity index (χ1v) is 6.08. The zero-order valence-electron chi connectivity index (χ0n) is 9.43. The zero-order valence-corrected chi connectivity index (χ0v) is 10.3. The number of hydrogen-bond acceptors (Lipinski definition) is 4. The molecule has 0 spiro atoms. The summed E-state index contributed by atoms with van der Waals surface area (Å²) in [6.45, 7) is 2.66. The van der Waals surface area contributed by atoms with Gasteiger partial charge in [0.2, 0.25) is 5.91 Å². The Bertz CT molecular complexity index is 519. The minimum absolute atomic E-state index is 0.410. The van der Waals surface area contributed by atoms with Crippen molar-refractivity contribution in [2.45, 2.75) is 13.5 Å². The number of nitrogens with zero attached hydrogens (tertiary/aromatic N) is 1. The molecule has 17 heavy (non-hydrogen) atoms. The van der Waals surface area contributed by atoms with Gasteiger partial charge in [-0.3, -0.25) is 4.79 Å². The second-order valence-electron chi connectivity index (χ2n) is 3.68. The topological polar surface area (TPSA) is 68.0 Å². The van der Waals surface area contributed by atoms with Crippen molar-refractivity contribution >= 4 is 22.9 Å². The van der Waals surface area contributed by atoms with Crippen LogP contribution in [-0.2, 0) is 6.54 Å². The number of anilines is 1. The summed E-state index contributed by atoms with van der Waals surface area (Å²) in [5, 5.41) is 6.30. The molecule has 0 aliphatic heterocycles. The minimum Gasteiger partial charge on any atom is -0.379 e. The summed E-state index contributed by atoms with van der Waals surface area (Å²) in [5.41, 5.74) is 7.66. The van der Waals surface area contributed by atoms with Gasteiger partial charge in [0.15, 0.2) is 0 Å². The summed E-state index contributed by atoms with van der Waals surface area (Å²) in [6.07, 6.45) is 0. The quantitative estimate of drug-likeness (QED) is 0.870. The monoisotopic (exact) mass is 247 g/mol. The molecule has 0 saturated carbocycles. The summed E-state index contributed by atoms with van der Waals surface area (Å²) in [4.78, 5) is 15.2. The first-order valence-electron chi connectivity index (χ1n) is 5.20. The van der Waals surface area contributed by atoms with Gasteiger partial charge in [-0.2, -0.15) is 0 Å². The number of aromatic nitrogens is 1. The minimum atomic E-state index is -0.410. The predicted octanol–water partition coefficient (Wildman–Crippen LogP) is 2.16. The van der Waals surface area contributed by atoms with E-state index in [0.29, 0.717) is 12.1 Å². The molecule has 0 atom stereocenters. The molecule has 1 amide bonds. The number of primary amides is 1. The average molecular weight is 247 g/mol. The number of nitrogens with one attached hydrogen (secondary N) is 1. The Hall–Kier alpha value is -1.88. The third-order valence-electron chi connectivity index (χ3n) is 2.28. The van der Waals surface area contributed by atoms with Crippen molar-refractivity contribution in [2.24, 2.45) is 5.73 Å². The number of thiazole rings is 1. The Morgan fingerprint density at radius 2 is 2.12 bits per heavy atom. The van der Waals surface area contributed by atoms with Crippen LogP contribution in [0.5, 0.6) is 0 Å². The number of carbonyl (C=O) groups is 1. The zero-order chi connectivity index (χ0) is 12.3. The second kappa shape index (κ2) is 4.97. The van der Waals surface area contributed by atoms with E-state index >= 15 is 0 Å². The van der Waals surface area contributed by atoms with Crippen LogP contribution in [0.1, 0.15) is 21.1 Å². The lowest BCUT2D eigenvalue weighted by atomic mass is 10.2. The molecule has 2 aromatic rings. The number of benzene rings is 1. The third kappa shape index (κ3) is 3.04. The average Bonchev–Trinajstić information content (AvgIpc) is 2.73. The fraction of sp³-hybridized carbons (Fsp3) is 0.167. The predicted molar refractivity (Wildman–Crippen MR) is 69.1 cm³/mol. The van der Waals surface area contributed by atoms with Gasteiger partial charge in [-0.15, -0.1) is 11.3 Å². The lowest BCUT2D eigenvalue weighted by Gasteiger charge is -2.04. The van der Waals surface area contributed by atoms with Crippen molar-refractivity contribution in [1.82, 2.24) is 4.98 Å². The maximum absolute atomic E-state index is 10.9. The van der Waals surface area contributed by atoms with E-state index < -0.39 is 5.91 Å². The molecule has 0 unspecified atom stereocenters. The summed E-state index contributed by atoms with van der Waals surface area (Å²) >= 11 is 1.63. The van der Waals surface area contributed by atoms with Gasteiger partial charge in [-0.25, -0.2) is 4.98 Å². The van der Waals surface area contributed by atoms with Gasteiger partial charge >= 0.3 is 0 Å². The SMILES string of the molecule is Cc1csc(CNc2ccc(C(N)=O)cc2)n1. The van der Waals surface area contributed by atoms with E-state index in [-0.39, 0.29) is 0 Å². The standard InChI is InChI=1S/C12H13N3OS/c1-8-7-17-11(15-8)6-14-10-4-2-9(3-5-10)12(13)16/h2-5,7,14H,6H2,1H3,(H2,13,16). The fourth-order valence-corrected chi connectivity index (χ4v) is 2.13. The molecule has 0 fully saturated rings. The lowest BCUT2D eigenvalue weighted by Crippen LogP contribution is -2.10. The van der Waals surface area contributed by atoms with Crippen LogP contribution >= 0.6 is 11.3 Å². The van der Waals surface area contributed by atoms with Gasteiger partial charge in [0.1, 0.15) is 5.01 Å². The van der Waals surface area contributed by atoms with Crippen LogP contribution in [0.3, 0.4) is 0 Å². The molecular formula is C12H13N3OS. The van der Waals surface area contributed by atoms with Gasteiger partial charge in [-0.1, -0.05) is 0 Å². The summed E-state index contributed by atoms with van der Waals surface area (Å²) < 4.78 is 0. The van der Waals surface area contributed by atoms with E-state index in [1.54, 1.807) is 23.5 Å². The highest BCUT2D eigenvalue weighted by Crippen LogP contribution is 2.13.